The first kappa shape index (κ1) is 22.8. The predicted molar refractivity (Wildman–Crippen MR) is 125 cm³/mol. The summed E-state index contributed by atoms with van der Waals surface area (Å²) in [4.78, 5) is 15.9. The molecule has 1 heterocycles. The molecule has 0 aliphatic carbocycles. The van der Waals surface area contributed by atoms with Gasteiger partial charge < -0.3 is 24.4 Å². The molecule has 0 atom stereocenters. The van der Waals surface area contributed by atoms with E-state index in [2.05, 4.69) is 26.1 Å². The van der Waals surface area contributed by atoms with Crippen LogP contribution in [-0.4, -0.2) is 51.2 Å². The predicted octanol–water partition coefficient (Wildman–Crippen LogP) is 4.81. The van der Waals surface area contributed by atoms with Crippen molar-refractivity contribution in [1.29, 1.82) is 0 Å². The Balaban J connectivity index is 1.76. The number of halogens is 1. The summed E-state index contributed by atoms with van der Waals surface area (Å²) in [6.45, 7) is 7.88. The second kappa shape index (κ2) is 11.5. The van der Waals surface area contributed by atoms with Gasteiger partial charge in [0.15, 0.2) is 0 Å². The number of nitrogens with one attached hydrogen (secondary N) is 1. The van der Waals surface area contributed by atoms with Crippen LogP contribution in [0.1, 0.15) is 13.8 Å². The molecule has 1 aliphatic heterocycles. The number of ether oxygens (including phenoxy) is 3. The maximum Gasteiger partial charge on any atom is 0.234 e. The van der Waals surface area contributed by atoms with Crippen molar-refractivity contribution >= 4 is 45.0 Å². The van der Waals surface area contributed by atoms with Crippen LogP contribution in [0.15, 0.2) is 45.8 Å². The van der Waals surface area contributed by atoms with Crippen LogP contribution in [0.5, 0.6) is 11.5 Å². The molecule has 0 bridgehead atoms. The molecular weight excluding hydrogens is 468 g/mol. The number of thioether (sulfide) groups is 1. The normalized spacial score (nSPS) is 13.8. The number of nitrogens with zero attached hydrogens (tertiary/aromatic N) is 1. The molecule has 30 heavy (non-hydrogen) atoms. The van der Waals surface area contributed by atoms with Gasteiger partial charge in [-0.1, -0.05) is 15.9 Å². The van der Waals surface area contributed by atoms with E-state index in [0.717, 1.165) is 33.9 Å². The zero-order valence-corrected chi connectivity index (χ0v) is 19.7. The van der Waals surface area contributed by atoms with E-state index < -0.39 is 0 Å². The molecule has 8 heteroatoms. The minimum absolute atomic E-state index is 0.0922. The average molecular weight is 495 g/mol. The highest BCUT2D eigenvalue weighted by atomic mass is 79.9. The SMILES string of the molecule is CCOc1cc(N2CCOCC2)c(OCC)cc1NC(=O)CSc1ccc(Br)cc1. The molecule has 162 valence electrons. The lowest BCUT2D eigenvalue weighted by molar-refractivity contribution is -0.113. The average Bonchev–Trinajstić information content (AvgIpc) is 2.76. The Morgan fingerprint density at radius 1 is 1.10 bits per heavy atom. The van der Waals surface area contributed by atoms with Gasteiger partial charge in [0.2, 0.25) is 5.91 Å². The molecule has 2 aromatic rings. The molecule has 0 aromatic heterocycles. The zero-order valence-electron chi connectivity index (χ0n) is 17.3. The van der Waals surface area contributed by atoms with Gasteiger partial charge in [0.05, 0.1) is 43.6 Å². The van der Waals surface area contributed by atoms with Crippen LogP contribution in [0, 0.1) is 0 Å². The monoisotopic (exact) mass is 494 g/mol. The third kappa shape index (κ3) is 6.30. The topological polar surface area (TPSA) is 60.0 Å². The number of rotatable bonds is 9. The summed E-state index contributed by atoms with van der Waals surface area (Å²) in [5.41, 5.74) is 1.59. The second-order valence-electron chi connectivity index (χ2n) is 6.57. The van der Waals surface area contributed by atoms with Crippen LogP contribution in [0.4, 0.5) is 11.4 Å². The smallest absolute Gasteiger partial charge is 0.234 e. The van der Waals surface area contributed by atoms with Gasteiger partial charge in [0, 0.05) is 34.6 Å². The van der Waals surface area contributed by atoms with Gasteiger partial charge in [-0.3, -0.25) is 4.79 Å². The molecule has 6 nitrogen and oxygen atoms in total. The lowest BCUT2D eigenvalue weighted by atomic mass is 10.2. The van der Waals surface area contributed by atoms with Gasteiger partial charge in [-0.05, 0) is 38.1 Å². The lowest BCUT2D eigenvalue weighted by Gasteiger charge is -2.31. The highest BCUT2D eigenvalue weighted by molar-refractivity contribution is 9.10. The van der Waals surface area contributed by atoms with E-state index in [1.807, 2.05) is 50.2 Å². The fourth-order valence-corrected chi connectivity index (χ4v) is 4.07. The Hall–Kier alpha value is -1.90. The Kier molecular flexibility index (Phi) is 8.72. The highest BCUT2D eigenvalue weighted by Gasteiger charge is 2.20. The summed E-state index contributed by atoms with van der Waals surface area (Å²) in [6.07, 6.45) is 0. The summed E-state index contributed by atoms with van der Waals surface area (Å²) in [6, 6.07) is 11.7. The molecule has 0 radical (unpaired) electrons. The van der Waals surface area contributed by atoms with Crippen molar-refractivity contribution in [3.05, 3.63) is 40.9 Å². The molecule has 1 amide bonds. The molecule has 0 spiro atoms. The summed E-state index contributed by atoms with van der Waals surface area (Å²) < 4.78 is 18.2. The molecule has 1 aliphatic rings. The van der Waals surface area contributed by atoms with Gasteiger partial charge in [-0.25, -0.2) is 0 Å². The summed E-state index contributed by atoms with van der Waals surface area (Å²) in [5.74, 6) is 1.59. The molecule has 1 fully saturated rings. The standard InChI is InChI=1S/C22H27BrN2O4S/c1-3-28-20-14-19(25-9-11-27-12-10-25)21(29-4-2)13-18(20)24-22(26)15-30-17-7-5-16(23)6-8-17/h5-8,13-14H,3-4,9-12,15H2,1-2H3,(H,24,26). The van der Waals surface area contributed by atoms with E-state index in [9.17, 15) is 4.79 Å². The van der Waals surface area contributed by atoms with Crippen molar-refractivity contribution in [2.24, 2.45) is 0 Å². The zero-order chi connectivity index (χ0) is 21.3. The van der Waals surface area contributed by atoms with E-state index in [-0.39, 0.29) is 5.91 Å². The van der Waals surface area contributed by atoms with Crippen molar-refractivity contribution in [1.82, 2.24) is 0 Å². The van der Waals surface area contributed by atoms with E-state index in [4.69, 9.17) is 14.2 Å². The maximum absolute atomic E-state index is 12.6. The lowest BCUT2D eigenvalue weighted by Crippen LogP contribution is -2.36. The van der Waals surface area contributed by atoms with E-state index in [1.54, 1.807) is 0 Å². The number of amides is 1. The van der Waals surface area contributed by atoms with Crippen LogP contribution in [0.25, 0.3) is 0 Å². The summed E-state index contributed by atoms with van der Waals surface area (Å²) >= 11 is 4.91. The Morgan fingerprint density at radius 2 is 1.77 bits per heavy atom. The number of carbonyl (C=O) groups is 1. The molecule has 2 aromatic carbocycles. The quantitative estimate of drug-likeness (QED) is 0.504. The van der Waals surface area contributed by atoms with Gasteiger partial charge in [-0.2, -0.15) is 0 Å². The first-order valence-electron chi connectivity index (χ1n) is 10.0. The van der Waals surface area contributed by atoms with Crippen LogP contribution in [-0.2, 0) is 9.53 Å². The van der Waals surface area contributed by atoms with Crippen LogP contribution in [0.3, 0.4) is 0 Å². The van der Waals surface area contributed by atoms with Crippen molar-refractivity contribution < 1.29 is 19.0 Å². The number of benzene rings is 2. The van der Waals surface area contributed by atoms with E-state index in [0.29, 0.717) is 43.6 Å². The number of hydrogen-bond donors (Lipinski definition) is 1. The second-order valence-corrected chi connectivity index (χ2v) is 8.54. The number of morpholine rings is 1. The molecule has 1 N–H and O–H groups in total. The Morgan fingerprint density at radius 3 is 2.43 bits per heavy atom. The molecular formula is C22H27BrN2O4S. The van der Waals surface area contributed by atoms with Crippen molar-refractivity contribution in [3.8, 4) is 11.5 Å². The molecule has 0 saturated carbocycles. The van der Waals surface area contributed by atoms with Gasteiger partial charge in [0.1, 0.15) is 11.5 Å². The fraction of sp³-hybridized carbons (Fsp3) is 0.409. The van der Waals surface area contributed by atoms with Gasteiger partial charge in [0.25, 0.3) is 0 Å². The first-order valence-corrected chi connectivity index (χ1v) is 11.8. The maximum atomic E-state index is 12.6. The molecule has 0 unspecified atom stereocenters. The Bertz CT molecular complexity index is 842. The van der Waals surface area contributed by atoms with Crippen LogP contribution >= 0.6 is 27.7 Å². The van der Waals surface area contributed by atoms with Crippen LogP contribution in [0.2, 0.25) is 0 Å². The largest absolute Gasteiger partial charge is 0.492 e. The fourth-order valence-electron chi connectivity index (χ4n) is 3.11. The van der Waals surface area contributed by atoms with Crippen molar-refractivity contribution in [2.75, 3.05) is 55.5 Å². The van der Waals surface area contributed by atoms with Crippen molar-refractivity contribution in [3.63, 3.8) is 0 Å². The van der Waals surface area contributed by atoms with Gasteiger partial charge >= 0.3 is 0 Å². The minimum atomic E-state index is -0.0922. The van der Waals surface area contributed by atoms with E-state index in [1.165, 1.54) is 11.8 Å². The van der Waals surface area contributed by atoms with Crippen LogP contribution < -0.4 is 19.7 Å². The number of carbonyl (C=O) groups excluding carboxylic acids is 1. The third-order valence-electron chi connectivity index (χ3n) is 4.47. The molecule has 3 rings (SSSR count). The van der Waals surface area contributed by atoms with E-state index >= 15 is 0 Å². The summed E-state index contributed by atoms with van der Waals surface area (Å²) in [5, 5.41) is 2.99. The first-order chi connectivity index (χ1) is 14.6. The Labute approximate surface area is 190 Å². The third-order valence-corrected chi connectivity index (χ3v) is 6.01. The minimum Gasteiger partial charge on any atom is -0.492 e. The van der Waals surface area contributed by atoms with Gasteiger partial charge in [-0.15, -0.1) is 11.8 Å². The summed E-state index contributed by atoms with van der Waals surface area (Å²) in [7, 11) is 0. The number of anilines is 2. The van der Waals surface area contributed by atoms with Crippen molar-refractivity contribution in [2.45, 2.75) is 18.7 Å². The molecule has 1 saturated heterocycles. The highest BCUT2D eigenvalue weighted by Crippen LogP contribution is 2.39. The number of hydrogen-bond acceptors (Lipinski definition) is 6.